The molecule has 1 amide bonds. The molecule has 2 aromatic rings. The van der Waals surface area contributed by atoms with E-state index in [1.54, 1.807) is 0 Å². The molecule has 0 spiro atoms. The second-order valence-corrected chi connectivity index (χ2v) is 6.98. The predicted octanol–water partition coefficient (Wildman–Crippen LogP) is 2.94. The zero-order valence-corrected chi connectivity index (χ0v) is 16.1. The smallest absolute Gasteiger partial charge is 0.309 e. The molecule has 1 fully saturated rings. The third-order valence-corrected chi connectivity index (χ3v) is 4.89. The zero-order valence-electron chi connectivity index (χ0n) is 15.3. The average molecular weight is 382 g/mol. The van der Waals surface area contributed by atoms with Crippen LogP contribution in [0.3, 0.4) is 0 Å². The lowest BCUT2D eigenvalue weighted by Gasteiger charge is -2.31. The first-order valence-corrected chi connectivity index (χ1v) is 9.28. The number of aryl methyl sites for hydroxylation is 1. The maximum absolute atomic E-state index is 12.1. The summed E-state index contributed by atoms with van der Waals surface area (Å²) < 4.78 is 3.33. The van der Waals surface area contributed by atoms with Crippen LogP contribution >= 0.6 is 0 Å². The molecule has 1 aliphatic rings. The second kappa shape index (κ2) is 8.37. The SMILES string of the molecule is Cc1cccc(C=Cc2cc(N3CCC(N)CC3)nc(C(=O)N=S)c2N)c1. The molecule has 0 saturated carbocycles. The number of benzene rings is 1. The monoisotopic (exact) mass is 381 g/mol. The Labute approximate surface area is 164 Å². The van der Waals surface area contributed by atoms with Gasteiger partial charge >= 0.3 is 5.91 Å². The van der Waals surface area contributed by atoms with Gasteiger partial charge in [-0.2, -0.15) is 0 Å². The standard InChI is InChI=1S/C20H23N5OS/c1-13-3-2-4-14(11-13)5-6-15-12-17(25-9-7-16(21)8-10-25)23-19(18(15)22)20(26)24-27/h2-6,11-12,16H,7-10,21-22H2,1H3. The van der Waals surface area contributed by atoms with Crippen molar-refractivity contribution in [1.82, 2.24) is 4.98 Å². The van der Waals surface area contributed by atoms with Crippen molar-refractivity contribution in [1.29, 1.82) is 0 Å². The van der Waals surface area contributed by atoms with E-state index in [1.807, 2.05) is 43.3 Å². The van der Waals surface area contributed by atoms with Crippen molar-refractivity contribution in [3.8, 4) is 0 Å². The molecule has 3 rings (SSSR count). The highest BCUT2D eigenvalue weighted by Crippen LogP contribution is 2.27. The predicted molar refractivity (Wildman–Crippen MR) is 112 cm³/mol. The third kappa shape index (κ3) is 4.56. The van der Waals surface area contributed by atoms with Crippen molar-refractivity contribution in [3.05, 3.63) is 52.7 Å². The van der Waals surface area contributed by atoms with Gasteiger partial charge in [0.15, 0.2) is 5.69 Å². The van der Waals surface area contributed by atoms with Gasteiger partial charge in [-0.05, 0) is 31.4 Å². The van der Waals surface area contributed by atoms with Crippen LogP contribution in [-0.4, -0.2) is 30.0 Å². The van der Waals surface area contributed by atoms with Gasteiger partial charge in [-0.25, -0.2) is 4.98 Å². The Morgan fingerprint density at radius 2 is 2.04 bits per heavy atom. The summed E-state index contributed by atoms with van der Waals surface area (Å²) in [6.07, 6.45) is 5.63. The van der Waals surface area contributed by atoms with E-state index in [1.165, 1.54) is 5.56 Å². The van der Waals surface area contributed by atoms with Gasteiger partial charge < -0.3 is 16.4 Å². The van der Waals surface area contributed by atoms with Gasteiger partial charge in [0.05, 0.1) is 5.69 Å². The van der Waals surface area contributed by atoms with Crippen LogP contribution in [0, 0.1) is 6.92 Å². The van der Waals surface area contributed by atoms with Gasteiger partial charge in [0.1, 0.15) is 5.82 Å². The summed E-state index contributed by atoms with van der Waals surface area (Å²) in [6.45, 7) is 3.62. The first-order valence-electron chi connectivity index (χ1n) is 8.91. The minimum Gasteiger partial charge on any atom is -0.396 e. The molecule has 7 heteroatoms. The number of carbonyl (C=O) groups is 1. The topological polar surface area (TPSA) is 97.6 Å². The number of hydrogen-bond acceptors (Lipinski definition) is 6. The highest BCUT2D eigenvalue weighted by Gasteiger charge is 2.21. The third-order valence-electron chi connectivity index (χ3n) is 4.72. The fourth-order valence-electron chi connectivity index (χ4n) is 3.16. The Morgan fingerprint density at radius 3 is 2.70 bits per heavy atom. The second-order valence-electron chi connectivity index (χ2n) is 6.80. The fourth-order valence-corrected chi connectivity index (χ4v) is 3.24. The summed E-state index contributed by atoms with van der Waals surface area (Å²) >= 11 is 4.56. The molecule has 0 radical (unpaired) electrons. The average Bonchev–Trinajstić information content (AvgIpc) is 2.67. The lowest BCUT2D eigenvalue weighted by atomic mass is 10.0. The van der Waals surface area contributed by atoms with Crippen molar-refractivity contribution in [2.45, 2.75) is 25.8 Å². The fraction of sp³-hybridized carbons (Fsp3) is 0.300. The normalized spacial score (nSPS) is 15.3. The van der Waals surface area contributed by atoms with Crippen molar-refractivity contribution < 1.29 is 4.79 Å². The summed E-state index contributed by atoms with van der Waals surface area (Å²) in [5.74, 6) is 0.102. The zero-order chi connectivity index (χ0) is 19.4. The Balaban J connectivity index is 1.99. The number of amides is 1. The minimum atomic E-state index is -0.594. The molecular weight excluding hydrogens is 358 g/mol. The van der Waals surface area contributed by atoms with Gasteiger partial charge in [-0.1, -0.05) is 42.0 Å². The molecular formula is C20H23N5OS. The van der Waals surface area contributed by atoms with Crippen molar-refractivity contribution >= 4 is 42.0 Å². The largest absolute Gasteiger partial charge is 0.396 e. The van der Waals surface area contributed by atoms with Crippen LogP contribution in [0.1, 0.15) is 40.0 Å². The van der Waals surface area contributed by atoms with Crippen LogP contribution in [0.5, 0.6) is 0 Å². The summed E-state index contributed by atoms with van der Waals surface area (Å²) in [6, 6.07) is 10.2. The van der Waals surface area contributed by atoms with Gasteiger partial charge in [-0.15, -0.1) is 4.36 Å². The number of nitrogens with two attached hydrogens (primary N) is 2. The van der Waals surface area contributed by atoms with Crippen molar-refractivity contribution in [2.24, 2.45) is 10.1 Å². The number of nitrogen functional groups attached to an aromatic ring is 1. The van der Waals surface area contributed by atoms with E-state index in [4.69, 9.17) is 11.5 Å². The summed E-state index contributed by atoms with van der Waals surface area (Å²) in [7, 11) is 0. The number of nitrogens with zero attached hydrogens (tertiary/aromatic N) is 3. The van der Waals surface area contributed by atoms with Crippen LogP contribution in [0.2, 0.25) is 0 Å². The van der Waals surface area contributed by atoms with E-state index < -0.39 is 5.91 Å². The molecule has 4 N–H and O–H groups in total. The van der Waals surface area contributed by atoms with E-state index in [0.29, 0.717) is 5.82 Å². The number of rotatable bonds is 4. The molecule has 1 aromatic carbocycles. The maximum Gasteiger partial charge on any atom is 0.309 e. The summed E-state index contributed by atoms with van der Waals surface area (Å²) in [4.78, 5) is 18.7. The Bertz CT molecular complexity index is 888. The minimum absolute atomic E-state index is 0.0984. The van der Waals surface area contributed by atoms with E-state index >= 15 is 0 Å². The maximum atomic E-state index is 12.1. The van der Waals surface area contributed by atoms with Crippen LogP contribution in [0.4, 0.5) is 11.5 Å². The first kappa shape index (κ1) is 19.1. The van der Waals surface area contributed by atoms with Gasteiger partial charge in [0.2, 0.25) is 0 Å². The van der Waals surface area contributed by atoms with Crippen LogP contribution in [0.25, 0.3) is 12.2 Å². The number of piperidine rings is 1. The van der Waals surface area contributed by atoms with E-state index in [0.717, 1.165) is 37.1 Å². The van der Waals surface area contributed by atoms with E-state index in [-0.39, 0.29) is 17.4 Å². The van der Waals surface area contributed by atoms with Gasteiger partial charge in [0.25, 0.3) is 0 Å². The van der Waals surface area contributed by atoms with Crippen molar-refractivity contribution in [2.75, 3.05) is 23.7 Å². The van der Waals surface area contributed by atoms with Gasteiger partial charge in [-0.3, -0.25) is 4.79 Å². The molecule has 1 aromatic heterocycles. The number of hydrogen-bond donors (Lipinski definition) is 2. The molecule has 6 nitrogen and oxygen atoms in total. The molecule has 1 aliphatic heterocycles. The van der Waals surface area contributed by atoms with E-state index in [2.05, 4.69) is 32.7 Å². The Hall–Kier alpha value is -2.64. The Kier molecular flexibility index (Phi) is 5.93. The quantitative estimate of drug-likeness (QED) is 0.845. The van der Waals surface area contributed by atoms with Crippen LogP contribution in [0.15, 0.2) is 34.7 Å². The summed E-state index contributed by atoms with van der Waals surface area (Å²) in [5, 5.41) is 0. The number of anilines is 2. The summed E-state index contributed by atoms with van der Waals surface area (Å²) in [5.41, 5.74) is 15.5. The van der Waals surface area contributed by atoms with Crippen LogP contribution < -0.4 is 16.4 Å². The molecule has 0 aliphatic carbocycles. The Morgan fingerprint density at radius 1 is 1.30 bits per heavy atom. The first-order chi connectivity index (χ1) is 13.0. The van der Waals surface area contributed by atoms with Crippen LogP contribution in [-0.2, 0) is 12.4 Å². The number of carbonyl (C=O) groups excluding carboxylic acids is 1. The van der Waals surface area contributed by atoms with Crippen molar-refractivity contribution in [3.63, 3.8) is 0 Å². The van der Waals surface area contributed by atoms with Gasteiger partial charge in [0, 0.05) is 37.1 Å². The molecule has 2 heterocycles. The molecule has 0 bridgehead atoms. The molecule has 1 saturated heterocycles. The molecule has 0 unspecified atom stereocenters. The lowest BCUT2D eigenvalue weighted by Crippen LogP contribution is -2.40. The molecule has 140 valence electrons. The number of aromatic nitrogens is 1. The molecule has 0 atom stereocenters. The number of pyridine rings is 1. The highest BCUT2D eigenvalue weighted by atomic mass is 32.1. The highest BCUT2D eigenvalue weighted by molar-refractivity contribution is 7.47. The van der Waals surface area contributed by atoms with E-state index in [9.17, 15) is 4.79 Å². The molecule has 27 heavy (non-hydrogen) atoms. The lowest BCUT2D eigenvalue weighted by molar-refractivity contribution is 0.100.